The molecule has 1 amide bonds. The maximum atomic E-state index is 13.0. The third kappa shape index (κ3) is 4.35. The van der Waals surface area contributed by atoms with E-state index in [-0.39, 0.29) is 18.0 Å². The second kappa shape index (κ2) is 8.86. The third-order valence-corrected chi connectivity index (χ3v) is 5.32. The number of ether oxygens (including phenoxy) is 1. The number of nitrogens with one attached hydrogen (secondary N) is 1. The fourth-order valence-electron chi connectivity index (χ4n) is 3.61. The Balaban J connectivity index is 1.49. The highest BCUT2D eigenvalue weighted by atomic mass is 16.5. The summed E-state index contributed by atoms with van der Waals surface area (Å²) in [5.41, 5.74) is 0.342. The van der Waals surface area contributed by atoms with Crippen molar-refractivity contribution in [1.29, 1.82) is 0 Å². The highest BCUT2D eigenvalue weighted by Crippen LogP contribution is 2.22. The first-order valence-corrected chi connectivity index (χ1v) is 9.97. The number of anilines is 1. The zero-order chi connectivity index (χ0) is 21.8. The summed E-state index contributed by atoms with van der Waals surface area (Å²) >= 11 is 0. The molecule has 0 atom stereocenters. The van der Waals surface area contributed by atoms with E-state index in [4.69, 9.17) is 4.74 Å². The van der Waals surface area contributed by atoms with Crippen LogP contribution in [0.25, 0.3) is 0 Å². The van der Waals surface area contributed by atoms with Gasteiger partial charge in [-0.05, 0) is 24.3 Å². The summed E-state index contributed by atoms with van der Waals surface area (Å²) in [6, 6.07) is 13.0. The average molecular weight is 421 g/mol. The van der Waals surface area contributed by atoms with Gasteiger partial charge in [0.2, 0.25) is 0 Å². The lowest BCUT2D eigenvalue weighted by atomic mass is 10.2. The van der Waals surface area contributed by atoms with Crippen LogP contribution in [0, 0.1) is 0 Å². The minimum absolute atomic E-state index is 0.000253. The Bertz CT molecular complexity index is 1180. The van der Waals surface area contributed by atoms with Gasteiger partial charge < -0.3 is 19.5 Å². The number of carbonyl (C=O) groups is 1. The van der Waals surface area contributed by atoms with E-state index < -0.39 is 11.2 Å². The van der Waals surface area contributed by atoms with Crippen molar-refractivity contribution in [1.82, 2.24) is 19.4 Å². The molecule has 3 heterocycles. The molecular weight excluding hydrogens is 398 g/mol. The quantitative estimate of drug-likeness (QED) is 0.658. The van der Waals surface area contributed by atoms with Gasteiger partial charge in [0, 0.05) is 50.3 Å². The number of aromatic amines is 1. The molecule has 0 saturated carbocycles. The molecule has 4 rings (SSSR count). The van der Waals surface area contributed by atoms with Gasteiger partial charge in [-0.3, -0.25) is 19.1 Å². The minimum Gasteiger partial charge on any atom is -0.497 e. The van der Waals surface area contributed by atoms with Gasteiger partial charge in [-0.15, -0.1) is 0 Å². The molecule has 9 nitrogen and oxygen atoms in total. The summed E-state index contributed by atoms with van der Waals surface area (Å²) in [7, 11) is 1.63. The molecule has 0 unspecified atom stereocenters. The number of methoxy groups -OCH3 is 1. The predicted molar refractivity (Wildman–Crippen MR) is 116 cm³/mol. The molecule has 1 aromatic carbocycles. The zero-order valence-electron chi connectivity index (χ0n) is 17.2. The maximum Gasteiger partial charge on any atom is 0.328 e. The molecule has 1 aliphatic heterocycles. The van der Waals surface area contributed by atoms with E-state index in [0.29, 0.717) is 31.9 Å². The lowest BCUT2D eigenvalue weighted by molar-refractivity contribution is 0.0743. The van der Waals surface area contributed by atoms with Crippen LogP contribution in [0.5, 0.6) is 5.75 Å². The molecule has 1 saturated heterocycles. The molecule has 0 aliphatic carbocycles. The number of benzene rings is 1. The molecule has 0 bridgehead atoms. The van der Waals surface area contributed by atoms with E-state index in [1.807, 2.05) is 24.3 Å². The van der Waals surface area contributed by atoms with Crippen LogP contribution in [-0.4, -0.2) is 58.6 Å². The second-order valence-electron chi connectivity index (χ2n) is 7.20. The Kier molecular flexibility index (Phi) is 5.83. The Labute approximate surface area is 178 Å². The van der Waals surface area contributed by atoms with Crippen LogP contribution in [0.3, 0.4) is 0 Å². The van der Waals surface area contributed by atoms with Crippen molar-refractivity contribution in [3.63, 3.8) is 0 Å². The fraction of sp³-hybridized carbons (Fsp3) is 0.273. The summed E-state index contributed by atoms with van der Waals surface area (Å²) in [4.78, 5) is 48.5. The molecule has 31 heavy (non-hydrogen) atoms. The number of aromatic nitrogens is 3. The summed E-state index contributed by atoms with van der Waals surface area (Å²) in [6.45, 7) is 2.19. The van der Waals surface area contributed by atoms with Crippen LogP contribution < -0.4 is 20.9 Å². The third-order valence-electron chi connectivity index (χ3n) is 5.32. The average Bonchev–Trinajstić information content (AvgIpc) is 2.82. The number of rotatable bonds is 5. The summed E-state index contributed by atoms with van der Waals surface area (Å²) in [5, 5.41) is 0. The van der Waals surface area contributed by atoms with Crippen molar-refractivity contribution in [3.8, 4) is 5.75 Å². The van der Waals surface area contributed by atoms with Gasteiger partial charge in [0.05, 0.1) is 19.3 Å². The molecule has 0 spiro atoms. The zero-order valence-corrected chi connectivity index (χ0v) is 17.2. The fourth-order valence-corrected chi connectivity index (χ4v) is 3.61. The van der Waals surface area contributed by atoms with Crippen LogP contribution >= 0.6 is 0 Å². The molecule has 160 valence electrons. The van der Waals surface area contributed by atoms with Crippen molar-refractivity contribution in [2.45, 2.75) is 6.54 Å². The summed E-state index contributed by atoms with van der Waals surface area (Å²) < 4.78 is 6.28. The SMILES string of the molecule is COc1cccc(N2CCN(C(=O)c3c[nH]c(=O)n(Cc4ccccn4)c3=O)CC2)c1. The van der Waals surface area contributed by atoms with Crippen molar-refractivity contribution >= 4 is 11.6 Å². The first kappa shape index (κ1) is 20.4. The number of hydrogen-bond acceptors (Lipinski definition) is 6. The van der Waals surface area contributed by atoms with E-state index in [2.05, 4.69) is 14.9 Å². The molecular formula is C22H23N5O4. The van der Waals surface area contributed by atoms with Gasteiger partial charge in [0.25, 0.3) is 11.5 Å². The van der Waals surface area contributed by atoms with E-state index in [0.717, 1.165) is 16.0 Å². The Morgan fingerprint density at radius 3 is 2.61 bits per heavy atom. The smallest absolute Gasteiger partial charge is 0.328 e. The number of amides is 1. The van der Waals surface area contributed by atoms with Crippen molar-refractivity contribution in [2.75, 3.05) is 38.2 Å². The van der Waals surface area contributed by atoms with Gasteiger partial charge in [0.15, 0.2) is 0 Å². The first-order chi connectivity index (χ1) is 15.1. The highest BCUT2D eigenvalue weighted by Gasteiger charge is 2.25. The van der Waals surface area contributed by atoms with Crippen LogP contribution in [0.2, 0.25) is 0 Å². The molecule has 9 heteroatoms. The van der Waals surface area contributed by atoms with E-state index in [9.17, 15) is 14.4 Å². The monoisotopic (exact) mass is 421 g/mol. The largest absolute Gasteiger partial charge is 0.497 e. The predicted octanol–water partition coefficient (Wildman–Crippen LogP) is 0.951. The standard InChI is InChI=1S/C22H23N5O4/c1-31-18-7-4-6-17(13-18)25-9-11-26(12-10-25)20(28)19-14-24-22(30)27(21(19)29)15-16-5-2-3-8-23-16/h2-8,13-14H,9-12,15H2,1H3,(H,24,30). The number of carbonyl (C=O) groups excluding carboxylic acids is 1. The minimum atomic E-state index is -0.616. The van der Waals surface area contributed by atoms with E-state index >= 15 is 0 Å². The number of H-pyrrole nitrogens is 1. The van der Waals surface area contributed by atoms with E-state index in [1.165, 1.54) is 6.20 Å². The number of piperazine rings is 1. The summed E-state index contributed by atoms with van der Waals surface area (Å²) in [5.74, 6) is 0.388. The maximum absolute atomic E-state index is 13.0. The van der Waals surface area contributed by atoms with Gasteiger partial charge in [-0.1, -0.05) is 12.1 Å². The van der Waals surface area contributed by atoms with Crippen molar-refractivity contribution in [3.05, 3.63) is 87.0 Å². The van der Waals surface area contributed by atoms with Crippen LogP contribution in [0.1, 0.15) is 16.1 Å². The molecule has 1 N–H and O–H groups in total. The Morgan fingerprint density at radius 1 is 1.10 bits per heavy atom. The van der Waals surface area contributed by atoms with Crippen LogP contribution in [0.15, 0.2) is 64.4 Å². The highest BCUT2D eigenvalue weighted by molar-refractivity contribution is 5.93. The molecule has 1 aliphatic rings. The number of pyridine rings is 1. The molecule has 1 fully saturated rings. The van der Waals surface area contributed by atoms with Gasteiger partial charge in [-0.25, -0.2) is 4.79 Å². The second-order valence-corrected chi connectivity index (χ2v) is 7.20. The summed E-state index contributed by atoms with van der Waals surface area (Å²) in [6.07, 6.45) is 2.79. The van der Waals surface area contributed by atoms with Crippen LogP contribution in [-0.2, 0) is 6.54 Å². The lowest BCUT2D eigenvalue weighted by Gasteiger charge is -2.36. The first-order valence-electron chi connectivity index (χ1n) is 9.97. The molecule has 2 aromatic heterocycles. The molecule has 0 radical (unpaired) electrons. The molecule has 3 aromatic rings. The van der Waals surface area contributed by atoms with E-state index in [1.54, 1.807) is 36.4 Å². The topological polar surface area (TPSA) is 101 Å². The van der Waals surface area contributed by atoms with Crippen molar-refractivity contribution < 1.29 is 9.53 Å². The normalized spacial score (nSPS) is 13.8. The lowest BCUT2D eigenvalue weighted by Crippen LogP contribution is -2.50. The van der Waals surface area contributed by atoms with Gasteiger partial charge >= 0.3 is 5.69 Å². The number of nitrogens with zero attached hydrogens (tertiary/aromatic N) is 4. The van der Waals surface area contributed by atoms with Gasteiger partial charge in [-0.2, -0.15) is 0 Å². The number of hydrogen-bond donors (Lipinski definition) is 1. The van der Waals surface area contributed by atoms with Gasteiger partial charge in [0.1, 0.15) is 11.3 Å². The Hall–Kier alpha value is -3.88. The van der Waals surface area contributed by atoms with Crippen molar-refractivity contribution in [2.24, 2.45) is 0 Å². The Morgan fingerprint density at radius 2 is 1.90 bits per heavy atom. The van der Waals surface area contributed by atoms with Crippen LogP contribution in [0.4, 0.5) is 5.69 Å².